The summed E-state index contributed by atoms with van der Waals surface area (Å²) in [5.74, 6) is 0.420. The number of sulfone groups is 1. The highest BCUT2D eigenvalue weighted by atomic mass is 32.2. The number of benzene rings is 1. The molecular formula is C15H18N2O2S. The molecule has 0 saturated carbocycles. The van der Waals surface area contributed by atoms with Crippen LogP contribution in [-0.2, 0) is 16.3 Å². The number of aromatic nitrogens is 1. The van der Waals surface area contributed by atoms with Crippen LogP contribution in [0.5, 0.6) is 0 Å². The summed E-state index contributed by atoms with van der Waals surface area (Å²) in [6.07, 6.45) is 3.60. The Hall–Kier alpha value is -1.88. The standard InChI is InChI=1S/C15H18N2O2S/c1-12-6-3-4-7-13(12)9-11-17-15-14(20(2,18)19)8-5-10-16-15/h3-8,10H,9,11H2,1-2H3,(H,16,17). The van der Waals surface area contributed by atoms with Crippen molar-refractivity contribution < 1.29 is 8.42 Å². The fourth-order valence-electron chi connectivity index (χ4n) is 2.03. The van der Waals surface area contributed by atoms with E-state index in [0.29, 0.717) is 12.4 Å². The minimum atomic E-state index is -3.26. The van der Waals surface area contributed by atoms with Gasteiger partial charge in [-0.15, -0.1) is 0 Å². The molecule has 1 aromatic carbocycles. The van der Waals surface area contributed by atoms with Crippen LogP contribution in [0.4, 0.5) is 5.82 Å². The first kappa shape index (κ1) is 14.5. The Balaban J connectivity index is 2.07. The highest BCUT2D eigenvalue weighted by molar-refractivity contribution is 7.90. The normalized spacial score (nSPS) is 11.3. The molecule has 0 amide bonds. The highest BCUT2D eigenvalue weighted by Gasteiger charge is 2.13. The van der Waals surface area contributed by atoms with E-state index in [0.717, 1.165) is 6.42 Å². The molecule has 1 aromatic heterocycles. The van der Waals surface area contributed by atoms with Crippen LogP contribution >= 0.6 is 0 Å². The molecule has 4 nitrogen and oxygen atoms in total. The smallest absolute Gasteiger partial charge is 0.179 e. The number of pyridine rings is 1. The van der Waals surface area contributed by atoms with E-state index in [4.69, 9.17) is 0 Å². The summed E-state index contributed by atoms with van der Waals surface area (Å²) in [5, 5.41) is 3.11. The van der Waals surface area contributed by atoms with Crippen molar-refractivity contribution in [1.29, 1.82) is 0 Å². The molecule has 0 spiro atoms. The Kier molecular flexibility index (Phi) is 4.39. The second-order valence-corrected chi connectivity index (χ2v) is 6.71. The average molecular weight is 290 g/mol. The minimum absolute atomic E-state index is 0.241. The van der Waals surface area contributed by atoms with E-state index in [9.17, 15) is 8.42 Å². The van der Waals surface area contributed by atoms with Crippen LogP contribution in [-0.4, -0.2) is 26.2 Å². The van der Waals surface area contributed by atoms with Gasteiger partial charge in [-0.2, -0.15) is 0 Å². The van der Waals surface area contributed by atoms with Crippen molar-refractivity contribution >= 4 is 15.7 Å². The molecular weight excluding hydrogens is 272 g/mol. The Morgan fingerprint density at radius 2 is 1.90 bits per heavy atom. The Morgan fingerprint density at radius 1 is 1.15 bits per heavy atom. The molecule has 0 saturated heterocycles. The third-order valence-corrected chi connectivity index (χ3v) is 4.25. The molecule has 0 fully saturated rings. The minimum Gasteiger partial charge on any atom is -0.369 e. The fraction of sp³-hybridized carbons (Fsp3) is 0.267. The van der Waals surface area contributed by atoms with E-state index < -0.39 is 9.84 Å². The van der Waals surface area contributed by atoms with Crippen LogP contribution in [0, 0.1) is 6.92 Å². The van der Waals surface area contributed by atoms with Crippen molar-refractivity contribution in [3.63, 3.8) is 0 Å². The molecule has 20 heavy (non-hydrogen) atoms. The molecule has 2 rings (SSSR count). The van der Waals surface area contributed by atoms with E-state index in [1.807, 2.05) is 12.1 Å². The first-order valence-corrected chi connectivity index (χ1v) is 8.31. The molecule has 2 aromatic rings. The summed E-state index contributed by atoms with van der Waals surface area (Å²) in [6, 6.07) is 11.4. The van der Waals surface area contributed by atoms with Gasteiger partial charge in [-0.3, -0.25) is 0 Å². The van der Waals surface area contributed by atoms with Crippen LogP contribution in [0.15, 0.2) is 47.5 Å². The van der Waals surface area contributed by atoms with Crippen LogP contribution < -0.4 is 5.32 Å². The quantitative estimate of drug-likeness (QED) is 0.919. The van der Waals surface area contributed by atoms with Gasteiger partial charge in [0.25, 0.3) is 0 Å². The molecule has 0 unspecified atom stereocenters. The summed E-state index contributed by atoms with van der Waals surface area (Å²) in [4.78, 5) is 4.35. The summed E-state index contributed by atoms with van der Waals surface area (Å²) < 4.78 is 23.3. The number of rotatable bonds is 5. The maximum atomic E-state index is 11.7. The third-order valence-electron chi connectivity index (χ3n) is 3.12. The topological polar surface area (TPSA) is 59.1 Å². The molecule has 1 heterocycles. The number of nitrogens with one attached hydrogen (secondary N) is 1. The van der Waals surface area contributed by atoms with Crippen molar-refractivity contribution in [2.45, 2.75) is 18.2 Å². The van der Waals surface area contributed by atoms with E-state index in [-0.39, 0.29) is 4.90 Å². The molecule has 0 bridgehead atoms. The van der Waals surface area contributed by atoms with Gasteiger partial charge in [0, 0.05) is 19.0 Å². The van der Waals surface area contributed by atoms with E-state index in [2.05, 4.69) is 29.4 Å². The van der Waals surface area contributed by atoms with Crippen LogP contribution in [0.2, 0.25) is 0 Å². The predicted molar refractivity (Wildman–Crippen MR) is 80.7 cm³/mol. The maximum Gasteiger partial charge on any atom is 0.179 e. The second kappa shape index (κ2) is 6.05. The predicted octanol–water partition coefficient (Wildman–Crippen LogP) is 2.45. The van der Waals surface area contributed by atoms with Gasteiger partial charge in [-0.25, -0.2) is 13.4 Å². The van der Waals surface area contributed by atoms with Crippen molar-refractivity contribution in [3.05, 3.63) is 53.7 Å². The van der Waals surface area contributed by atoms with Crippen molar-refractivity contribution in [3.8, 4) is 0 Å². The summed E-state index contributed by atoms with van der Waals surface area (Å²) in [6.45, 7) is 2.71. The van der Waals surface area contributed by atoms with Crippen LogP contribution in [0.1, 0.15) is 11.1 Å². The van der Waals surface area contributed by atoms with Gasteiger partial charge in [0.15, 0.2) is 9.84 Å². The van der Waals surface area contributed by atoms with Crippen LogP contribution in [0.25, 0.3) is 0 Å². The highest BCUT2D eigenvalue weighted by Crippen LogP contribution is 2.17. The van der Waals surface area contributed by atoms with Gasteiger partial charge in [0.05, 0.1) is 0 Å². The molecule has 0 aliphatic rings. The molecule has 106 valence electrons. The van der Waals surface area contributed by atoms with Crippen molar-refractivity contribution in [2.24, 2.45) is 0 Å². The zero-order chi connectivity index (χ0) is 14.6. The van der Waals surface area contributed by atoms with Gasteiger partial charge in [0.1, 0.15) is 10.7 Å². The summed E-state index contributed by atoms with van der Waals surface area (Å²) in [5.41, 5.74) is 2.48. The Morgan fingerprint density at radius 3 is 2.60 bits per heavy atom. The van der Waals surface area contributed by atoms with E-state index in [1.165, 1.54) is 17.4 Å². The molecule has 0 atom stereocenters. The Bertz CT molecular complexity index is 697. The van der Waals surface area contributed by atoms with Crippen molar-refractivity contribution in [2.75, 3.05) is 18.1 Å². The van der Waals surface area contributed by atoms with Crippen LogP contribution in [0.3, 0.4) is 0 Å². The lowest BCUT2D eigenvalue weighted by atomic mass is 10.1. The first-order valence-electron chi connectivity index (χ1n) is 6.42. The number of nitrogens with zero attached hydrogens (tertiary/aromatic N) is 1. The molecule has 0 radical (unpaired) electrons. The molecule has 0 aliphatic heterocycles. The second-order valence-electron chi connectivity index (χ2n) is 4.73. The zero-order valence-corrected chi connectivity index (χ0v) is 12.4. The molecule has 0 aliphatic carbocycles. The van der Waals surface area contributed by atoms with Gasteiger partial charge in [0.2, 0.25) is 0 Å². The summed E-state index contributed by atoms with van der Waals surface area (Å²) in [7, 11) is -3.26. The fourth-order valence-corrected chi connectivity index (χ4v) is 2.83. The molecule has 1 N–H and O–H groups in total. The lowest BCUT2D eigenvalue weighted by Crippen LogP contribution is -2.11. The number of hydrogen-bond acceptors (Lipinski definition) is 4. The number of aryl methyl sites for hydroxylation is 1. The Labute approximate surface area is 119 Å². The van der Waals surface area contributed by atoms with E-state index >= 15 is 0 Å². The van der Waals surface area contributed by atoms with Gasteiger partial charge in [-0.05, 0) is 36.6 Å². The van der Waals surface area contributed by atoms with E-state index in [1.54, 1.807) is 18.3 Å². The SMILES string of the molecule is Cc1ccccc1CCNc1ncccc1S(C)(=O)=O. The lowest BCUT2D eigenvalue weighted by molar-refractivity contribution is 0.602. The average Bonchev–Trinajstić information content (AvgIpc) is 2.40. The third kappa shape index (κ3) is 3.57. The van der Waals surface area contributed by atoms with Crippen molar-refractivity contribution in [1.82, 2.24) is 4.98 Å². The van der Waals surface area contributed by atoms with Gasteiger partial charge in [-0.1, -0.05) is 24.3 Å². The maximum absolute atomic E-state index is 11.7. The van der Waals surface area contributed by atoms with Gasteiger partial charge >= 0.3 is 0 Å². The number of hydrogen-bond donors (Lipinski definition) is 1. The number of anilines is 1. The van der Waals surface area contributed by atoms with Gasteiger partial charge < -0.3 is 5.32 Å². The molecule has 5 heteroatoms. The summed E-state index contributed by atoms with van der Waals surface area (Å²) >= 11 is 0. The zero-order valence-electron chi connectivity index (χ0n) is 11.6. The lowest BCUT2D eigenvalue weighted by Gasteiger charge is -2.10. The first-order chi connectivity index (χ1) is 9.48. The monoisotopic (exact) mass is 290 g/mol. The largest absolute Gasteiger partial charge is 0.369 e.